The molecular formula is C31H42N6O4. The molecule has 220 valence electrons. The molecule has 1 saturated heterocycles. The third-order valence-corrected chi connectivity index (χ3v) is 7.03. The predicted octanol–water partition coefficient (Wildman–Crippen LogP) is 5.24. The second-order valence-electron chi connectivity index (χ2n) is 11.4. The maximum atomic E-state index is 12.5. The monoisotopic (exact) mass is 562 g/mol. The minimum Gasteiger partial charge on any atom is -0.493 e. The first-order valence-electron chi connectivity index (χ1n) is 14.1. The van der Waals surface area contributed by atoms with Crippen LogP contribution >= 0.6 is 0 Å². The van der Waals surface area contributed by atoms with Gasteiger partial charge in [0.1, 0.15) is 24.3 Å². The summed E-state index contributed by atoms with van der Waals surface area (Å²) in [5.41, 5.74) is 3.05. The van der Waals surface area contributed by atoms with Gasteiger partial charge in [0.2, 0.25) is 5.96 Å². The number of para-hydroxylation sites is 1. The highest BCUT2D eigenvalue weighted by molar-refractivity contribution is 6.08. The lowest BCUT2D eigenvalue weighted by molar-refractivity contribution is -0.152. The Morgan fingerprint density at radius 1 is 1.10 bits per heavy atom. The highest BCUT2D eigenvalue weighted by Gasteiger charge is 2.23. The minimum atomic E-state index is -0.606. The number of aryl methyl sites for hydroxylation is 2. The van der Waals surface area contributed by atoms with E-state index in [0.717, 1.165) is 48.1 Å². The highest BCUT2D eigenvalue weighted by Crippen LogP contribution is 2.36. The first kappa shape index (κ1) is 30.0. The van der Waals surface area contributed by atoms with Gasteiger partial charge in [-0.05, 0) is 90.6 Å². The molecule has 2 aromatic carbocycles. The number of ether oxygens (including phenoxy) is 3. The molecule has 41 heavy (non-hydrogen) atoms. The number of benzene rings is 2. The van der Waals surface area contributed by atoms with E-state index in [1.54, 1.807) is 7.11 Å². The number of hydrogen-bond donors (Lipinski definition) is 3. The zero-order chi connectivity index (χ0) is 29.6. The van der Waals surface area contributed by atoms with E-state index in [1.165, 1.54) is 6.33 Å². The van der Waals surface area contributed by atoms with E-state index >= 15 is 0 Å². The number of piperidine rings is 1. The van der Waals surface area contributed by atoms with Crippen LogP contribution in [0.4, 0.5) is 11.5 Å². The summed E-state index contributed by atoms with van der Waals surface area (Å²) >= 11 is 0. The Morgan fingerprint density at radius 2 is 1.80 bits per heavy atom. The van der Waals surface area contributed by atoms with E-state index in [-0.39, 0.29) is 12.6 Å². The maximum Gasteiger partial charge on any atom is 0.328 e. The summed E-state index contributed by atoms with van der Waals surface area (Å²) in [5.74, 6) is 2.13. The van der Waals surface area contributed by atoms with Gasteiger partial charge in [-0.1, -0.05) is 18.2 Å². The summed E-state index contributed by atoms with van der Waals surface area (Å²) in [7, 11) is 1.62. The van der Waals surface area contributed by atoms with Gasteiger partial charge >= 0.3 is 5.97 Å². The van der Waals surface area contributed by atoms with Crippen molar-refractivity contribution in [3.05, 3.63) is 47.8 Å². The van der Waals surface area contributed by atoms with Gasteiger partial charge in [0.05, 0.1) is 18.7 Å². The molecule has 1 atom stereocenters. The molecule has 10 nitrogen and oxygen atoms in total. The van der Waals surface area contributed by atoms with Crippen LogP contribution in [0.25, 0.3) is 10.9 Å². The SMILES string of the molecule is COc1cc2c(NC(=NCC(=O)OC(C)(C)C)Nc3c(C)cccc3C)ncnc2cc1OC(C)C1CCNCC1. The minimum absolute atomic E-state index is 0.0380. The van der Waals surface area contributed by atoms with Crippen LogP contribution in [0.1, 0.15) is 51.7 Å². The average molecular weight is 563 g/mol. The average Bonchev–Trinajstić information content (AvgIpc) is 2.93. The lowest BCUT2D eigenvalue weighted by Gasteiger charge is -2.29. The van der Waals surface area contributed by atoms with Gasteiger partial charge in [-0.2, -0.15) is 0 Å². The number of esters is 1. The van der Waals surface area contributed by atoms with E-state index in [0.29, 0.717) is 34.7 Å². The zero-order valence-electron chi connectivity index (χ0n) is 25.1. The Kier molecular flexibility index (Phi) is 9.65. The predicted molar refractivity (Wildman–Crippen MR) is 163 cm³/mol. The molecule has 0 aliphatic carbocycles. The Morgan fingerprint density at radius 3 is 2.46 bits per heavy atom. The maximum absolute atomic E-state index is 12.5. The van der Waals surface area contributed by atoms with E-state index in [2.05, 4.69) is 37.8 Å². The molecule has 0 bridgehead atoms. The van der Waals surface area contributed by atoms with Crippen LogP contribution < -0.4 is 25.4 Å². The van der Waals surface area contributed by atoms with Gasteiger partial charge in [-0.15, -0.1) is 0 Å². The number of nitrogens with zero attached hydrogens (tertiary/aromatic N) is 3. The van der Waals surface area contributed by atoms with Crippen molar-refractivity contribution in [2.24, 2.45) is 10.9 Å². The molecule has 0 spiro atoms. The van der Waals surface area contributed by atoms with E-state index in [4.69, 9.17) is 14.2 Å². The van der Waals surface area contributed by atoms with Crippen molar-refractivity contribution in [1.82, 2.24) is 15.3 Å². The molecule has 0 amide bonds. The smallest absolute Gasteiger partial charge is 0.328 e. The van der Waals surface area contributed by atoms with Crippen LogP contribution in [0.3, 0.4) is 0 Å². The van der Waals surface area contributed by atoms with E-state index < -0.39 is 11.6 Å². The highest BCUT2D eigenvalue weighted by atomic mass is 16.6. The molecule has 3 aromatic rings. The number of hydrogen-bond acceptors (Lipinski definition) is 8. The van der Waals surface area contributed by atoms with Crippen molar-refractivity contribution in [2.45, 2.75) is 66.1 Å². The second kappa shape index (κ2) is 13.2. The Labute approximate surface area is 242 Å². The lowest BCUT2D eigenvalue weighted by Crippen LogP contribution is -2.35. The summed E-state index contributed by atoms with van der Waals surface area (Å²) in [5, 5.41) is 10.8. The van der Waals surface area contributed by atoms with Crippen molar-refractivity contribution in [1.29, 1.82) is 0 Å². The van der Waals surface area contributed by atoms with Crippen molar-refractivity contribution in [3.63, 3.8) is 0 Å². The van der Waals surface area contributed by atoms with Crippen molar-refractivity contribution < 1.29 is 19.0 Å². The van der Waals surface area contributed by atoms with E-state index in [9.17, 15) is 4.79 Å². The number of nitrogens with one attached hydrogen (secondary N) is 3. The Balaban J connectivity index is 1.65. The standard InChI is InChI=1S/C31H42N6O4/c1-19-9-8-10-20(2)28(19)36-30(33-17-27(38)41-31(4,5)6)37-29-23-15-25(39-7)26(16-24(23)34-18-35-29)40-21(3)22-11-13-32-14-12-22/h8-10,15-16,18,21-22,32H,11-14,17H2,1-7H3,(H2,33,34,35,36,37). The molecule has 2 heterocycles. The first-order chi connectivity index (χ1) is 19.5. The molecule has 0 saturated carbocycles. The van der Waals surface area contributed by atoms with Crippen LogP contribution in [0, 0.1) is 19.8 Å². The number of guanidine groups is 1. The van der Waals surface area contributed by atoms with Crippen molar-refractivity contribution in [2.75, 3.05) is 37.4 Å². The molecule has 1 aromatic heterocycles. The number of methoxy groups -OCH3 is 1. The molecule has 4 rings (SSSR count). The zero-order valence-corrected chi connectivity index (χ0v) is 25.1. The third-order valence-electron chi connectivity index (χ3n) is 7.03. The number of fused-ring (bicyclic) bond motifs is 1. The fourth-order valence-corrected chi connectivity index (χ4v) is 4.90. The van der Waals surface area contributed by atoms with Crippen LogP contribution in [-0.2, 0) is 9.53 Å². The van der Waals surface area contributed by atoms with Gasteiger partial charge < -0.3 is 30.2 Å². The summed E-state index contributed by atoms with van der Waals surface area (Å²) in [6.07, 6.45) is 3.68. The molecular weight excluding hydrogens is 520 g/mol. The summed E-state index contributed by atoms with van der Waals surface area (Å²) in [6, 6.07) is 9.77. The van der Waals surface area contributed by atoms with Gasteiger partial charge in [-0.3, -0.25) is 4.79 Å². The lowest BCUT2D eigenvalue weighted by atomic mass is 9.93. The normalized spacial score (nSPS) is 15.3. The first-order valence-corrected chi connectivity index (χ1v) is 14.1. The number of aliphatic imine (C=N–C) groups is 1. The molecule has 10 heteroatoms. The summed E-state index contributed by atoms with van der Waals surface area (Å²) in [4.78, 5) is 26.0. The molecule has 1 aliphatic heterocycles. The van der Waals surface area contributed by atoms with Gasteiger partial charge in [-0.25, -0.2) is 15.0 Å². The largest absolute Gasteiger partial charge is 0.493 e. The number of anilines is 2. The Hall–Kier alpha value is -3.92. The van der Waals surface area contributed by atoms with E-state index in [1.807, 2.05) is 65.0 Å². The van der Waals surface area contributed by atoms with Crippen molar-refractivity contribution in [3.8, 4) is 11.5 Å². The number of carbonyl (C=O) groups excluding carboxylic acids is 1. The molecule has 3 N–H and O–H groups in total. The quantitative estimate of drug-likeness (QED) is 0.192. The van der Waals surface area contributed by atoms with Crippen molar-refractivity contribution >= 4 is 34.3 Å². The van der Waals surface area contributed by atoms with Gasteiger partial charge in [0.25, 0.3) is 0 Å². The summed E-state index contributed by atoms with van der Waals surface area (Å²) in [6.45, 7) is 13.5. The fourth-order valence-electron chi connectivity index (χ4n) is 4.90. The molecule has 1 fully saturated rings. The van der Waals surface area contributed by atoms with Crippen LogP contribution in [0.5, 0.6) is 11.5 Å². The van der Waals surface area contributed by atoms with Crippen LogP contribution in [0.2, 0.25) is 0 Å². The molecule has 0 radical (unpaired) electrons. The second-order valence-corrected chi connectivity index (χ2v) is 11.4. The van der Waals surface area contributed by atoms with Gasteiger partial charge in [0, 0.05) is 17.1 Å². The number of aromatic nitrogens is 2. The van der Waals surface area contributed by atoms with Crippen LogP contribution in [-0.4, -0.2) is 60.3 Å². The molecule has 1 aliphatic rings. The Bertz CT molecular complexity index is 1380. The third kappa shape index (κ3) is 8.07. The van der Waals surface area contributed by atoms with Gasteiger partial charge in [0.15, 0.2) is 11.5 Å². The fraction of sp³-hybridized carbons (Fsp3) is 0.484. The number of rotatable bonds is 8. The van der Waals surface area contributed by atoms with Crippen LogP contribution in [0.15, 0.2) is 41.7 Å². The topological polar surface area (TPSA) is 119 Å². The number of carbonyl (C=O) groups is 1. The summed E-state index contributed by atoms with van der Waals surface area (Å²) < 4.78 is 17.6. The molecule has 1 unspecified atom stereocenters.